The van der Waals surface area contributed by atoms with Gasteiger partial charge in [-0.15, -0.1) is 0 Å². The first-order chi connectivity index (χ1) is 29.8. The van der Waals surface area contributed by atoms with Crippen molar-refractivity contribution in [1.29, 1.82) is 0 Å². The molecule has 0 spiro atoms. The molecule has 2 aliphatic carbocycles. The number of fused-ring (bicyclic) bond motifs is 3. The number of carboxylic acid groups (broad SMARTS) is 1. The first-order valence-corrected chi connectivity index (χ1v) is 23.1. The normalized spacial score (nSPS) is 27.2. The van der Waals surface area contributed by atoms with E-state index in [1.807, 2.05) is 60.7 Å². The number of methoxy groups -OCH3 is 1. The van der Waals surface area contributed by atoms with E-state index in [1.54, 1.807) is 18.1 Å². The van der Waals surface area contributed by atoms with Gasteiger partial charge in [0.1, 0.15) is 29.2 Å². The van der Waals surface area contributed by atoms with E-state index in [-0.39, 0.29) is 44.3 Å². The summed E-state index contributed by atoms with van der Waals surface area (Å²) in [5.41, 5.74) is 0.574. The highest BCUT2D eigenvalue weighted by molar-refractivity contribution is 7.91. The van der Waals surface area contributed by atoms with Crippen LogP contribution in [-0.2, 0) is 29.2 Å². The molecule has 17 heteroatoms. The summed E-state index contributed by atoms with van der Waals surface area (Å²) in [4.78, 5) is 78.3. The smallest absolute Gasteiger partial charge is 0.407 e. The number of nitrogens with zero attached hydrogens (tertiary/aromatic N) is 4. The van der Waals surface area contributed by atoms with Crippen molar-refractivity contribution in [2.45, 2.75) is 99.6 Å². The second-order valence-corrected chi connectivity index (χ2v) is 19.3. The van der Waals surface area contributed by atoms with Gasteiger partial charge in [0.2, 0.25) is 27.7 Å². The minimum absolute atomic E-state index is 0.00394. The zero-order chi connectivity index (χ0) is 43.8. The first-order valence-electron chi connectivity index (χ1n) is 21.6. The number of sulfonamides is 1. The van der Waals surface area contributed by atoms with Crippen LogP contribution in [0.25, 0.3) is 22.2 Å². The molecule has 5 amide bonds. The molecule has 5 aliphatic rings. The molecule has 3 aromatic rings. The summed E-state index contributed by atoms with van der Waals surface area (Å²) in [5.74, 6) is -2.23. The molecule has 3 aliphatic heterocycles. The maximum Gasteiger partial charge on any atom is 0.407 e. The number of allylic oxidation sites excluding steroid dienone is 1. The van der Waals surface area contributed by atoms with E-state index in [2.05, 4.69) is 10.0 Å². The highest BCUT2D eigenvalue weighted by atomic mass is 32.2. The number of nitrogens with one attached hydrogen (secondary N) is 2. The van der Waals surface area contributed by atoms with Crippen molar-refractivity contribution in [2.24, 2.45) is 11.8 Å². The van der Waals surface area contributed by atoms with Gasteiger partial charge in [-0.25, -0.2) is 18.2 Å². The molecule has 4 heterocycles. The molecule has 8 rings (SSSR count). The Hall–Kier alpha value is -5.71. The van der Waals surface area contributed by atoms with Crippen LogP contribution in [0.2, 0.25) is 0 Å². The topological polar surface area (TPSA) is 205 Å². The lowest BCUT2D eigenvalue weighted by Crippen LogP contribution is -2.57. The van der Waals surface area contributed by atoms with Gasteiger partial charge in [-0.3, -0.25) is 23.9 Å². The maximum atomic E-state index is 15.0. The van der Waals surface area contributed by atoms with E-state index < -0.39 is 68.6 Å². The van der Waals surface area contributed by atoms with Crippen molar-refractivity contribution in [2.75, 3.05) is 33.8 Å². The van der Waals surface area contributed by atoms with Crippen LogP contribution in [0.3, 0.4) is 0 Å². The van der Waals surface area contributed by atoms with Crippen molar-refractivity contribution in [3.05, 3.63) is 66.7 Å². The van der Waals surface area contributed by atoms with Crippen LogP contribution in [0, 0.1) is 11.8 Å². The molecule has 2 saturated carbocycles. The number of aromatic nitrogens is 1. The Morgan fingerprint density at radius 3 is 2.55 bits per heavy atom. The fourth-order valence-corrected chi connectivity index (χ4v) is 10.5. The van der Waals surface area contributed by atoms with E-state index >= 15 is 0 Å². The number of ether oxygens (including phenoxy) is 2. The molecule has 0 bridgehead atoms. The second kappa shape index (κ2) is 17.6. The number of likely N-dealkylation sites (tertiary alicyclic amines) is 1. The Morgan fingerprint density at radius 1 is 1.02 bits per heavy atom. The lowest BCUT2D eigenvalue weighted by molar-refractivity contribution is -0.145. The Labute approximate surface area is 361 Å². The Balaban J connectivity index is 1.11. The Bertz CT molecular complexity index is 2370. The van der Waals surface area contributed by atoms with Crippen molar-refractivity contribution in [3.8, 4) is 22.8 Å². The molecule has 1 aromatic heterocycles. The minimum Gasteiger partial charge on any atom is -0.497 e. The lowest BCUT2D eigenvalue weighted by atomic mass is 9.94. The van der Waals surface area contributed by atoms with E-state index in [0.29, 0.717) is 73.2 Å². The highest BCUT2D eigenvalue weighted by Crippen LogP contribution is 2.46. The lowest BCUT2D eigenvalue weighted by Gasteiger charge is -2.30. The molecule has 0 radical (unpaired) electrons. The van der Waals surface area contributed by atoms with Crippen LogP contribution >= 0.6 is 0 Å². The van der Waals surface area contributed by atoms with Crippen LogP contribution in [0.15, 0.2) is 66.7 Å². The second-order valence-electron chi connectivity index (χ2n) is 17.3. The summed E-state index contributed by atoms with van der Waals surface area (Å²) >= 11 is 0. The van der Waals surface area contributed by atoms with Crippen LogP contribution in [-0.4, -0.2) is 126 Å². The summed E-state index contributed by atoms with van der Waals surface area (Å²) in [5, 5.41) is 12.5. The molecule has 330 valence electrons. The average Bonchev–Trinajstić information content (AvgIpc) is 4.14. The number of benzene rings is 2. The SMILES string of the molecule is COc1ccc2c(O[C@@H]3C[C@H]4C(=O)N[C@]5(C(=O)NS(=O)(=O)C6CC6)CC5/C=C\CCCCC[C@H](CC(=O)N5CC[C@H](N(C)C(=O)O)C5)C(=O)N4C3)cc(-c3ccccc3)nc2c1. The molecule has 2 aromatic carbocycles. The maximum absolute atomic E-state index is 15.0. The third-order valence-electron chi connectivity index (χ3n) is 13.1. The van der Waals surface area contributed by atoms with E-state index in [1.165, 1.54) is 16.8 Å². The van der Waals surface area contributed by atoms with Crippen molar-refractivity contribution < 1.29 is 47.0 Å². The summed E-state index contributed by atoms with van der Waals surface area (Å²) in [6, 6.07) is 15.4. The molecular weight excluding hydrogens is 817 g/mol. The van der Waals surface area contributed by atoms with Gasteiger partial charge in [-0.05, 0) is 57.1 Å². The average molecular weight is 871 g/mol. The fourth-order valence-electron chi connectivity index (χ4n) is 9.10. The Kier molecular flexibility index (Phi) is 12.2. The third kappa shape index (κ3) is 9.08. The van der Waals surface area contributed by atoms with Crippen molar-refractivity contribution >= 4 is 50.6 Å². The number of likely N-dealkylation sites (N-methyl/N-ethyl adjacent to an activating group) is 1. The van der Waals surface area contributed by atoms with E-state index in [4.69, 9.17) is 14.5 Å². The molecule has 6 atom stereocenters. The zero-order valence-corrected chi connectivity index (χ0v) is 35.8. The first kappa shape index (κ1) is 43.0. The zero-order valence-electron chi connectivity index (χ0n) is 35.0. The van der Waals surface area contributed by atoms with Crippen LogP contribution < -0.4 is 19.5 Å². The van der Waals surface area contributed by atoms with Crippen LogP contribution in [0.4, 0.5) is 4.79 Å². The van der Waals surface area contributed by atoms with Gasteiger partial charge >= 0.3 is 6.09 Å². The number of amides is 5. The molecular formula is C45H54N6O10S. The quantitative estimate of drug-likeness (QED) is 0.243. The molecule has 62 heavy (non-hydrogen) atoms. The molecule has 2 saturated heterocycles. The largest absolute Gasteiger partial charge is 0.497 e. The van der Waals surface area contributed by atoms with Crippen molar-refractivity contribution in [3.63, 3.8) is 0 Å². The number of rotatable bonds is 10. The minimum atomic E-state index is -3.92. The summed E-state index contributed by atoms with van der Waals surface area (Å²) in [6.45, 7) is 0.575. The van der Waals surface area contributed by atoms with Crippen molar-refractivity contribution in [1.82, 2.24) is 29.7 Å². The summed E-state index contributed by atoms with van der Waals surface area (Å²) in [6.07, 6.45) is 6.83. The third-order valence-corrected chi connectivity index (χ3v) is 14.9. The van der Waals surface area contributed by atoms with Crippen LogP contribution in [0.1, 0.15) is 70.6 Å². The predicted octanol–water partition coefficient (Wildman–Crippen LogP) is 4.48. The van der Waals surface area contributed by atoms with Gasteiger partial charge in [0.25, 0.3) is 5.91 Å². The monoisotopic (exact) mass is 870 g/mol. The van der Waals surface area contributed by atoms with Gasteiger partial charge < -0.3 is 34.6 Å². The number of pyridine rings is 1. The van der Waals surface area contributed by atoms with Gasteiger partial charge in [0, 0.05) is 67.9 Å². The van der Waals surface area contributed by atoms with Gasteiger partial charge in [-0.1, -0.05) is 55.3 Å². The van der Waals surface area contributed by atoms with E-state index in [0.717, 1.165) is 18.4 Å². The number of hydrogen-bond donors (Lipinski definition) is 3. The predicted molar refractivity (Wildman–Crippen MR) is 228 cm³/mol. The molecule has 16 nitrogen and oxygen atoms in total. The van der Waals surface area contributed by atoms with E-state index in [9.17, 15) is 37.5 Å². The molecule has 1 unspecified atom stereocenters. The standard InChI is InChI=1S/C45H54N6O10S/c1-49(44(56)57)31-19-20-50(26-31)40(52)21-29-13-7-4-3-5-10-14-30-25-45(30,43(55)48-62(58,59)34-16-17-34)47-41(53)38-23-33(27-51(38)42(29)54)61-39-24-36(28-11-8-6-9-12-28)46-37-22-32(60-2)15-18-35(37)39/h6,8-12,14-15,18,22,24,29-31,33-34,38H,3-5,7,13,16-17,19-21,23,25-27H2,1-2H3,(H,47,53)(H,48,55)(H,56,57)/b14-10-/t29-,30?,31+,33-,38+,45-/m1/s1. The summed E-state index contributed by atoms with van der Waals surface area (Å²) in [7, 11) is -0.873. The number of hydrogen-bond acceptors (Lipinski definition) is 10. The number of carbonyl (C=O) groups excluding carboxylic acids is 4. The highest BCUT2D eigenvalue weighted by Gasteiger charge is 2.62. The summed E-state index contributed by atoms with van der Waals surface area (Å²) < 4.78 is 40.5. The van der Waals surface area contributed by atoms with Gasteiger partial charge in [0.05, 0.1) is 36.2 Å². The fraction of sp³-hybridized carbons (Fsp3) is 0.511. The van der Waals surface area contributed by atoms with Gasteiger partial charge in [0.15, 0.2) is 0 Å². The molecule has 4 fully saturated rings. The number of carbonyl (C=O) groups is 5. The van der Waals surface area contributed by atoms with Crippen LogP contribution in [0.5, 0.6) is 11.5 Å². The Morgan fingerprint density at radius 2 is 1.81 bits per heavy atom. The molecule has 3 N–H and O–H groups in total. The van der Waals surface area contributed by atoms with Gasteiger partial charge in [-0.2, -0.15) is 0 Å².